The van der Waals surface area contributed by atoms with Crippen LogP contribution in [-0.2, 0) is 17.6 Å². The van der Waals surface area contributed by atoms with Gasteiger partial charge in [0.2, 0.25) is 5.78 Å². The van der Waals surface area contributed by atoms with Gasteiger partial charge in [0.1, 0.15) is 0 Å². The predicted octanol–water partition coefficient (Wildman–Crippen LogP) is 6.34. The number of benzene rings is 3. The van der Waals surface area contributed by atoms with Gasteiger partial charge >= 0.3 is 0 Å². The standard InChI is InChI=1S/C30H28O4/c1-18-15-24(16-22-11-7-5-8-12-22)19(2)28-27(18)33-29-20(3)25(31)26(32)21(4)30(29,34-28)17-23-13-9-6-10-14-23/h5-15,32H,16-17H2,1-4H3. The second kappa shape index (κ2) is 8.21. The predicted molar refractivity (Wildman–Crippen MR) is 132 cm³/mol. The van der Waals surface area contributed by atoms with Crippen molar-refractivity contribution >= 4 is 5.78 Å². The fourth-order valence-corrected chi connectivity index (χ4v) is 4.99. The number of hydrogen-bond donors (Lipinski definition) is 1. The molecule has 34 heavy (non-hydrogen) atoms. The molecule has 1 atom stereocenters. The molecular weight excluding hydrogens is 424 g/mol. The van der Waals surface area contributed by atoms with Crippen molar-refractivity contribution in [2.75, 3.05) is 0 Å². The van der Waals surface area contributed by atoms with Crippen LogP contribution in [-0.4, -0.2) is 16.5 Å². The number of fused-ring (bicyclic) bond motifs is 2. The zero-order chi connectivity index (χ0) is 24.0. The van der Waals surface area contributed by atoms with Gasteiger partial charge in [-0.3, -0.25) is 4.79 Å². The number of hydrogen-bond acceptors (Lipinski definition) is 4. The first-order valence-corrected chi connectivity index (χ1v) is 11.6. The fourth-order valence-electron chi connectivity index (χ4n) is 4.99. The highest BCUT2D eigenvalue weighted by Crippen LogP contribution is 2.51. The average Bonchev–Trinajstić information content (AvgIpc) is 2.85. The summed E-state index contributed by atoms with van der Waals surface area (Å²) in [6, 6.07) is 22.4. The maximum absolute atomic E-state index is 12.8. The number of aliphatic hydroxyl groups is 1. The Morgan fingerprint density at radius 3 is 2.12 bits per heavy atom. The first-order chi connectivity index (χ1) is 16.3. The molecule has 3 aromatic rings. The highest BCUT2D eigenvalue weighted by atomic mass is 16.6. The molecule has 1 N–H and O–H groups in total. The van der Waals surface area contributed by atoms with E-state index in [1.165, 1.54) is 5.56 Å². The van der Waals surface area contributed by atoms with Crippen LogP contribution in [0.15, 0.2) is 89.4 Å². The third kappa shape index (κ3) is 3.41. The Labute approximate surface area is 200 Å². The Bertz CT molecular complexity index is 1350. The molecule has 0 aromatic heterocycles. The molecule has 0 spiro atoms. The second-order valence-electron chi connectivity index (χ2n) is 9.25. The summed E-state index contributed by atoms with van der Waals surface area (Å²) in [4.78, 5) is 12.8. The summed E-state index contributed by atoms with van der Waals surface area (Å²) in [5.41, 5.74) is 5.09. The number of allylic oxidation sites excluding steroid dienone is 1. The molecule has 0 saturated carbocycles. The lowest BCUT2D eigenvalue weighted by Crippen LogP contribution is -2.50. The van der Waals surface area contributed by atoms with Crippen LogP contribution >= 0.6 is 0 Å². The molecule has 1 aliphatic heterocycles. The summed E-state index contributed by atoms with van der Waals surface area (Å²) in [6.07, 6.45) is 1.21. The van der Waals surface area contributed by atoms with E-state index >= 15 is 0 Å². The van der Waals surface area contributed by atoms with Gasteiger partial charge in [-0.15, -0.1) is 0 Å². The second-order valence-corrected chi connectivity index (χ2v) is 9.25. The Kier molecular flexibility index (Phi) is 5.32. The van der Waals surface area contributed by atoms with Crippen molar-refractivity contribution in [2.24, 2.45) is 0 Å². The van der Waals surface area contributed by atoms with Gasteiger partial charge in [0, 0.05) is 17.6 Å². The summed E-state index contributed by atoms with van der Waals surface area (Å²) in [6.45, 7) is 7.50. The van der Waals surface area contributed by atoms with Gasteiger partial charge in [0.25, 0.3) is 0 Å². The molecule has 0 saturated heterocycles. The smallest absolute Gasteiger partial charge is 0.226 e. The summed E-state index contributed by atoms with van der Waals surface area (Å²) in [5.74, 6) is 1.08. The van der Waals surface area contributed by atoms with Crippen LogP contribution in [0.3, 0.4) is 0 Å². The summed E-state index contributed by atoms with van der Waals surface area (Å²) < 4.78 is 13.4. The van der Waals surface area contributed by atoms with Gasteiger partial charge in [0.05, 0.1) is 0 Å². The van der Waals surface area contributed by atoms with Crippen LogP contribution < -0.4 is 9.47 Å². The Morgan fingerprint density at radius 2 is 1.47 bits per heavy atom. The molecule has 0 radical (unpaired) electrons. The number of ether oxygens (including phenoxy) is 2. The number of rotatable bonds is 4. The van der Waals surface area contributed by atoms with E-state index in [9.17, 15) is 9.90 Å². The topological polar surface area (TPSA) is 55.8 Å². The molecule has 1 heterocycles. The quantitative estimate of drug-likeness (QED) is 0.502. The summed E-state index contributed by atoms with van der Waals surface area (Å²) in [7, 11) is 0. The molecule has 2 aliphatic rings. The zero-order valence-corrected chi connectivity index (χ0v) is 19.9. The van der Waals surface area contributed by atoms with Crippen molar-refractivity contribution in [1.29, 1.82) is 0 Å². The maximum Gasteiger partial charge on any atom is 0.226 e. The largest absolute Gasteiger partial charge is 0.504 e. The molecule has 172 valence electrons. The minimum absolute atomic E-state index is 0.265. The molecule has 0 amide bonds. The first kappa shape index (κ1) is 22.0. The van der Waals surface area contributed by atoms with Crippen molar-refractivity contribution < 1.29 is 19.4 Å². The van der Waals surface area contributed by atoms with Gasteiger partial charge in [-0.1, -0.05) is 66.7 Å². The molecule has 5 rings (SSSR count). The normalized spacial score (nSPS) is 19.4. The Balaban J connectivity index is 1.69. The summed E-state index contributed by atoms with van der Waals surface area (Å²) >= 11 is 0. The van der Waals surface area contributed by atoms with Gasteiger partial charge in [-0.2, -0.15) is 0 Å². The van der Waals surface area contributed by atoms with Crippen molar-refractivity contribution in [1.82, 2.24) is 0 Å². The van der Waals surface area contributed by atoms with Crippen molar-refractivity contribution in [3.63, 3.8) is 0 Å². The lowest BCUT2D eigenvalue weighted by atomic mass is 9.77. The van der Waals surface area contributed by atoms with Crippen LogP contribution in [0.1, 0.15) is 41.7 Å². The third-order valence-corrected chi connectivity index (χ3v) is 7.02. The van der Waals surface area contributed by atoms with E-state index in [4.69, 9.17) is 9.47 Å². The van der Waals surface area contributed by atoms with E-state index in [0.29, 0.717) is 34.8 Å². The van der Waals surface area contributed by atoms with E-state index in [1.807, 2.05) is 62.4 Å². The van der Waals surface area contributed by atoms with E-state index in [1.54, 1.807) is 13.8 Å². The third-order valence-electron chi connectivity index (χ3n) is 7.02. The number of aryl methyl sites for hydroxylation is 1. The number of Topliss-reactive ketones (excluding diaryl/α,β-unsaturated/α-hetero) is 1. The highest BCUT2D eigenvalue weighted by Gasteiger charge is 2.52. The van der Waals surface area contributed by atoms with E-state index in [-0.39, 0.29) is 5.76 Å². The molecule has 0 fully saturated rings. The van der Waals surface area contributed by atoms with Gasteiger partial charge in [-0.05, 0) is 61.9 Å². The minimum atomic E-state index is -1.10. The number of carbonyl (C=O) groups is 1. The van der Waals surface area contributed by atoms with Crippen molar-refractivity contribution in [2.45, 2.75) is 46.1 Å². The molecule has 4 heteroatoms. The number of ketones is 1. The number of carbonyl (C=O) groups excluding carboxylic acids is 1. The van der Waals surface area contributed by atoms with E-state index < -0.39 is 11.4 Å². The fraction of sp³-hybridized carbons (Fsp3) is 0.233. The lowest BCUT2D eigenvalue weighted by molar-refractivity contribution is -0.115. The highest BCUT2D eigenvalue weighted by molar-refractivity contribution is 6.09. The van der Waals surface area contributed by atoms with Gasteiger partial charge in [-0.25, -0.2) is 0 Å². The maximum atomic E-state index is 12.8. The van der Waals surface area contributed by atoms with Gasteiger partial charge < -0.3 is 14.6 Å². The van der Waals surface area contributed by atoms with Crippen molar-refractivity contribution in [3.8, 4) is 11.5 Å². The van der Waals surface area contributed by atoms with Crippen LogP contribution in [0.25, 0.3) is 0 Å². The average molecular weight is 453 g/mol. The van der Waals surface area contributed by atoms with E-state index in [2.05, 4.69) is 18.2 Å². The SMILES string of the molecule is CC1=C2Oc3c(C)cc(Cc4ccccc4)c(C)c3OC2(Cc2ccccc2)C(C)=C(O)C1=O. The van der Waals surface area contributed by atoms with Gasteiger partial charge in [0.15, 0.2) is 28.6 Å². The van der Waals surface area contributed by atoms with E-state index in [0.717, 1.165) is 28.7 Å². The minimum Gasteiger partial charge on any atom is -0.504 e. The molecular formula is C30H28O4. The molecule has 0 bridgehead atoms. The zero-order valence-electron chi connectivity index (χ0n) is 19.9. The Hall–Kier alpha value is -3.79. The van der Waals surface area contributed by atoms with Crippen LogP contribution in [0, 0.1) is 13.8 Å². The molecule has 3 aromatic carbocycles. The molecule has 1 aliphatic carbocycles. The lowest BCUT2D eigenvalue weighted by Gasteiger charge is -2.44. The monoisotopic (exact) mass is 452 g/mol. The Morgan fingerprint density at radius 1 is 0.853 bits per heavy atom. The van der Waals surface area contributed by atoms with Crippen LogP contribution in [0.5, 0.6) is 11.5 Å². The van der Waals surface area contributed by atoms with Crippen LogP contribution in [0.4, 0.5) is 0 Å². The van der Waals surface area contributed by atoms with Crippen molar-refractivity contribution in [3.05, 3.63) is 117 Å². The number of aliphatic hydroxyl groups excluding tert-OH is 1. The summed E-state index contributed by atoms with van der Waals surface area (Å²) in [5, 5.41) is 10.8. The molecule has 1 unspecified atom stereocenters. The first-order valence-electron chi connectivity index (χ1n) is 11.6. The van der Waals surface area contributed by atoms with Crippen LogP contribution in [0.2, 0.25) is 0 Å². The molecule has 4 nitrogen and oxygen atoms in total.